The Morgan fingerprint density at radius 2 is 1.89 bits per heavy atom. The number of rotatable bonds is 6. The lowest BCUT2D eigenvalue weighted by atomic mass is 10.0. The molecule has 7 heteroatoms. The van der Waals surface area contributed by atoms with Crippen molar-refractivity contribution in [1.29, 1.82) is 0 Å². The molecule has 0 aliphatic carbocycles. The molecule has 1 N–H and O–H groups in total. The largest absolute Gasteiger partial charge is 0.497 e. The van der Waals surface area contributed by atoms with E-state index in [2.05, 4.69) is 4.72 Å². The lowest BCUT2D eigenvalue weighted by Crippen LogP contribution is -2.39. The Labute approximate surface area is 160 Å². The van der Waals surface area contributed by atoms with Gasteiger partial charge in [-0.2, -0.15) is 0 Å². The van der Waals surface area contributed by atoms with Crippen LogP contribution in [0.25, 0.3) is 0 Å². The molecule has 1 heterocycles. The van der Waals surface area contributed by atoms with Gasteiger partial charge in [0.1, 0.15) is 5.75 Å². The van der Waals surface area contributed by atoms with Gasteiger partial charge in [0.2, 0.25) is 15.9 Å². The van der Waals surface area contributed by atoms with E-state index < -0.39 is 16.1 Å². The minimum absolute atomic E-state index is 0.0398. The maximum absolute atomic E-state index is 13.1. The third-order valence-electron chi connectivity index (χ3n) is 4.73. The summed E-state index contributed by atoms with van der Waals surface area (Å²) < 4.78 is 31.4. The molecule has 2 aromatic rings. The Hall–Kier alpha value is -2.38. The fraction of sp³-hybridized carbons (Fsp3) is 0.350. The second kappa shape index (κ2) is 7.70. The van der Waals surface area contributed by atoms with E-state index in [1.54, 1.807) is 36.3 Å². The lowest BCUT2D eigenvalue weighted by molar-refractivity contribution is -0.119. The number of hydrogen-bond acceptors (Lipinski definition) is 4. The van der Waals surface area contributed by atoms with E-state index in [1.807, 2.05) is 31.2 Å². The maximum atomic E-state index is 13.1. The first-order valence-electron chi connectivity index (χ1n) is 8.79. The van der Waals surface area contributed by atoms with Crippen LogP contribution in [0.15, 0.2) is 48.5 Å². The highest BCUT2D eigenvalue weighted by Gasteiger charge is 2.32. The van der Waals surface area contributed by atoms with Crippen molar-refractivity contribution in [2.45, 2.75) is 31.8 Å². The molecular weight excluding hydrogens is 364 g/mol. The Morgan fingerprint density at radius 3 is 2.52 bits per heavy atom. The molecule has 1 aliphatic rings. The zero-order valence-electron chi connectivity index (χ0n) is 15.7. The summed E-state index contributed by atoms with van der Waals surface area (Å²) in [5.41, 5.74) is 2.76. The van der Waals surface area contributed by atoms with Crippen LogP contribution in [-0.4, -0.2) is 33.7 Å². The van der Waals surface area contributed by atoms with Crippen LogP contribution in [0.5, 0.6) is 5.75 Å². The molecule has 1 aliphatic heterocycles. The van der Waals surface area contributed by atoms with Gasteiger partial charge in [0, 0.05) is 18.2 Å². The fourth-order valence-electron chi connectivity index (χ4n) is 3.54. The number of amides is 1. The summed E-state index contributed by atoms with van der Waals surface area (Å²) >= 11 is 0. The summed E-state index contributed by atoms with van der Waals surface area (Å²) in [6, 6.07) is 14.3. The molecule has 6 nitrogen and oxygen atoms in total. The number of nitrogens with one attached hydrogen (secondary N) is 1. The van der Waals surface area contributed by atoms with Crippen molar-refractivity contribution in [3.8, 4) is 5.75 Å². The molecule has 0 radical (unpaired) electrons. The average molecular weight is 388 g/mol. The first kappa shape index (κ1) is 19.4. The number of para-hydroxylation sites is 1. The van der Waals surface area contributed by atoms with Gasteiger partial charge >= 0.3 is 0 Å². The number of sulfonamides is 1. The van der Waals surface area contributed by atoms with Gasteiger partial charge in [0.25, 0.3) is 0 Å². The Morgan fingerprint density at radius 1 is 1.22 bits per heavy atom. The molecule has 1 amide bonds. The first-order chi connectivity index (χ1) is 12.8. The van der Waals surface area contributed by atoms with E-state index in [9.17, 15) is 13.2 Å². The van der Waals surface area contributed by atoms with Gasteiger partial charge in [-0.15, -0.1) is 0 Å². The number of anilines is 1. The van der Waals surface area contributed by atoms with Crippen LogP contribution in [0.4, 0.5) is 5.69 Å². The second-order valence-electron chi connectivity index (χ2n) is 6.87. The molecular formula is C20H24N2O4S. The number of carbonyl (C=O) groups is 1. The number of nitrogens with zero attached hydrogens (tertiary/aromatic N) is 1. The van der Waals surface area contributed by atoms with Crippen molar-refractivity contribution in [3.63, 3.8) is 0 Å². The fourth-order valence-corrected chi connectivity index (χ4v) is 4.28. The molecule has 27 heavy (non-hydrogen) atoms. The third-order valence-corrected chi connectivity index (χ3v) is 5.44. The van der Waals surface area contributed by atoms with Crippen molar-refractivity contribution >= 4 is 21.6 Å². The van der Waals surface area contributed by atoms with Crippen LogP contribution in [0.2, 0.25) is 0 Å². The van der Waals surface area contributed by atoms with Crippen LogP contribution in [0, 0.1) is 0 Å². The SMILES string of the molecule is COc1ccc([C@@H](CC(=O)N2c3ccccc3C[C@H]2C)NS(C)(=O)=O)cc1. The van der Waals surface area contributed by atoms with E-state index in [0.717, 1.165) is 29.5 Å². The molecule has 0 saturated carbocycles. The van der Waals surface area contributed by atoms with Gasteiger partial charge in [0.15, 0.2) is 0 Å². The zero-order chi connectivity index (χ0) is 19.6. The zero-order valence-corrected chi connectivity index (χ0v) is 16.5. The molecule has 0 aromatic heterocycles. The van der Waals surface area contributed by atoms with Crippen molar-refractivity contribution in [3.05, 3.63) is 59.7 Å². The number of hydrogen-bond donors (Lipinski definition) is 1. The predicted molar refractivity (Wildman–Crippen MR) is 105 cm³/mol. The number of carbonyl (C=O) groups excluding carboxylic acids is 1. The molecule has 0 fully saturated rings. The maximum Gasteiger partial charge on any atom is 0.229 e. The van der Waals surface area contributed by atoms with Gasteiger partial charge in [-0.05, 0) is 42.7 Å². The van der Waals surface area contributed by atoms with Crippen LogP contribution < -0.4 is 14.4 Å². The van der Waals surface area contributed by atoms with Crippen LogP contribution in [0.3, 0.4) is 0 Å². The van der Waals surface area contributed by atoms with Crippen molar-refractivity contribution in [1.82, 2.24) is 4.72 Å². The molecule has 0 spiro atoms. The van der Waals surface area contributed by atoms with Gasteiger partial charge in [-0.25, -0.2) is 13.1 Å². The van der Waals surface area contributed by atoms with Crippen molar-refractivity contribution in [2.75, 3.05) is 18.3 Å². The minimum atomic E-state index is -3.48. The highest BCUT2D eigenvalue weighted by atomic mass is 32.2. The molecule has 2 aromatic carbocycles. The molecule has 0 bridgehead atoms. The van der Waals surface area contributed by atoms with Crippen LogP contribution >= 0.6 is 0 Å². The quantitative estimate of drug-likeness (QED) is 0.825. The summed E-state index contributed by atoms with van der Waals surface area (Å²) in [5, 5.41) is 0. The number of ether oxygens (including phenoxy) is 1. The minimum Gasteiger partial charge on any atom is -0.497 e. The normalized spacial score (nSPS) is 17.4. The molecule has 0 saturated heterocycles. The summed E-state index contributed by atoms with van der Waals surface area (Å²) in [6.07, 6.45) is 1.94. The number of methoxy groups -OCH3 is 1. The summed E-state index contributed by atoms with van der Waals surface area (Å²) in [6.45, 7) is 2.00. The van der Waals surface area contributed by atoms with E-state index in [1.165, 1.54) is 0 Å². The van der Waals surface area contributed by atoms with Crippen molar-refractivity contribution in [2.24, 2.45) is 0 Å². The lowest BCUT2D eigenvalue weighted by Gasteiger charge is -2.26. The first-order valence-corrected chi connectivity index (χ1v) is 10.7. The highest BCUT2D eigenvalue weighted by Crippen LogP contribution is 2.33. The Kier molecular flexibility index (Phi) is 5.53. The smallest absolute Gasteiger partial charge is 0.229 e. The summed E-state index contributed by atoms with van der Waals surface area (Å²) in [7, 11) is -1.92. The molecule has 144 valence electrons. The number of fused-ring (bicyclic) bond motifs is 1. The van der Waals surface area contributed by atoms with Gasteiger partial charge in [-0.3, -0.25) is 4.79 Å². The molecule has 2 atom stereocenters. The highest BCUT2D eigenvalue weighted by molar-refractivity contribution is 7.88. The van der Waals surface area contributed by atoms with E-state index >= 15 is 0 Å². The van der Waals surface area contributed by atoms with Gasteiger partial charge in [0.05, 0.1) is 19.4 Å². The molecule has 3 rings (SSSR count). The van der Waals surface area contributed by atoms with E-state index in [0.29, 0.717) is 5.75 Å². The number of benzene rings is 2. The van der Waals surface area contributed by atoms with E-state index in [-0.39, 0.29) is 18.4 Å². The average Bonchev–Trinajstić information content (AvgIpc) is 2.96. The van der Waals surface area contributed by atoms with Gasteiger partial charge in [-0.1, -0.05) is 30.3 Å². The monoisotopic (exact) mass is 388 g/mol. The third kappa shape index (κ3) is 4.48. The van der Waals surface area contributed by atoms with Crippen LogP contribution in [-0.2, 0) is 21.2 Å². The second-order valence-corrected chi connectivity index (χ2v) is 8.65. The molecule has 0 unspecified atom stereocenters. The summed E-state index contributed by atoms with van der Waals surface area (Å²) in [4.78, 5) is 14.9. The Balaban J connectivity index is 1.86. The summed E-state index contributed by atoms with van der Waals surface area (Å²) in [5.74, 6) is 0.565. The van der Waals surface area contributed by atoms with Gasteiger partial charge < -0.3 is 9.64 Å². The standard InChI is InChI=1S/C20H24N2O4S/c1-14-12-16-6-4-5-7-19(16)22(14)20(23)13-18(21-27(3,24)25)15-8-10-17(26-2)11-9-15/h4-11,14,18,21H,12-13H2,1-3H3/t14-,18-/m1/s1. The Bertz CT molecular complexity index is 925. The van der Waals surface area contributed by atoms with Crippen LogP contribution in [0.1, 0.15) is 30.5 Å². The van der Waals surface area contributed by atoms with Crippen molar-refractivity contribution < 1.29 is 17.9 Å². The van der Waals surface area contributed by atoms with E-state index in [4.69, 9.17) is 4.74 Å². The predicted octanol–water partition coefficient (Wildman–Crippen LogP) is 2.65. The topological polar surface area (TPSA) is 75.7 Å².